The summed E-state index contributed by atoms with van der Waals surface area (Å²) in [6, 6.07) is 7.64. The molecule has 3 atom stereocenters. The van der Waals surface area contributed by atoms with Gasteiger partial charge in [-0.3, -0.25) is 24.4 Å². The molecule has 4 aliphatic heterocycles. The van der Waals surface area contributed by atoms with Gasteiger partial charge in [0.05, 0.1) is 40.6 Å². The SMILES string of the molecule is Cn1nc(C2CCC(=O)NC2=O)c2cc(F)c(C3CCN(C[C@@H]4CCN(c5ncc(Cl)c(Nc6ccc7c(c6)c6c(c(=O)n7C)OCC(F)(F)[C@H](C7CC7)N6)n5)CC4(C)C)CC3)cc21. The molecule has 3 aromatic heterocycles. The molecule has 3 N–H and O–H groups in total. The summed E-state index contributed by atoms with van der Waals surface area (Å²) in [5.74, 6) is -3.62. The van der Waals surface area contributed by atoms with E-state index >= 15 is 13.2 Å². The second kappa shape index (κ2) is 15.9. The molecular weight excluding hydrogens is 849 g/mol. The summed E-state index contributed by atoms with van der Waals surface area (Å²) in [5.41, 5.74) is 2.83. The molecule has 0 spiro atoms. The molecule has 2 aromatic carbocycles. The highest BCUT2D eigenvalue weighted by molar-refractivity contribution is 6.33. The van der Waals surface area contributed by atoms with E-state index in [2.05, 4.69) is 49.7 Å². The fourth-order valence-electron chi connectivity index (χ4n) is 10.5. The topological polar surface area (TPSA) is 152 Å². The summed E-state index contributed by atoms with van der Waals surface area (Å²) < 4.78 is 54.9. The predicted molar refractivity (Wildman–Crippen MR) is 238 cm³/mol. The number of alkyl halides is 2. The van der Waals surface area contributed by atoms with Crippen molar-refractivity contribution in [1.82, 2.24) is 34.5 Å². The average Bonchev–Trinajstić information content (AvgIpc) is 4.06. The zero-order valence-corrected chi connectivity index (χ0v) is 37.1. The van der Waals surface area contributed by atoms with Crippen LogP contribution in [-0.4, -0.2) is 92.3 Å². The number of rotatable bonds is 8. The van der Waals surface area contributed by atoms with E-state index in [1.165, 1.54) is 10.6 Å². The number of amides is 2. The van der Waals surface area contributed by atoms with E-state index < -0.39 is 30.0 Å². The molecule has 14 nitrogen and oxygen atoms in total. The number of pyridine rings is 1. The first-order chi connectivity index (χ1) is 30.5. The summed E-state index contributed by atoms with van der Waals surface area (Å²) in [7, 11) is 3.41. The van der Waals surface area contributed by atoms with Gasteiger partial charge in [-0.1, -0.05) is 25.4 Å². The van der Waals surface area contributed by atoms with Crippen LogP contribution in [0.3, 0.4) is 0 Å². The maximum absolute atomic E-state index is 15.9. The fraction of sp³-hybridized carbons (Fsp3) is 0.522. The molecular formula is C46H52ClF3N10O4. The minimum absolute atomic E-state index is 0.0610. The van der Waals surface area contributed by atoms with Gasteiger partial charge in [0, 0.05) is 56.6 Å². The highest BCUT2D eigenvalue weighted by atomic mass is 35.5. The average molecular weight is 901 g/mol. The second-order valence-corrected chi connectivity index (χ2v) is 19.6. The molecule has 338 valence electrons. The van der Waals surface area contributed by atoms with Crippen LogP contribution in [0.15, 0.2) is 41.3 Å². The first-order valence-corrected chi connectivity index (χ1v) is 22.6. The Morgan fingerprint density at radius 1 is 0.969 bits per heavy atom. The highest BCUT2D eigenvalue weighted by Gasteiger charge is 2.51. The van der Waals surface area contributed by atoms with E-state index in [0.717, 1.165) is 57.5 Å². The number of fused-ring (bicyclic) bond motifs is 4. The van der Waals surface area contributed by atoms with E-state index in [1.54, 1.807) is 36.1 Å². The summed E-state index contributed by atoms with van der Waals surface area (Å²) in [5, 5.41) is 14.8. The van der Waals surface area contributed by atoms with Crippen molar-refractivity contribution in [1.29, 1.82) is 0 Å². The Morgan fingerprint density at radius 3 is 2.48 bits per heavy atom. The molecule has 5 aliphatic rings. The molecule has 0 bridgehead atoms. The summed E-state index contributed by atoms with van der Waals surface area (Å²) in [6.07, 6.45) is 6.13. The van der Waals surface area contributed by atoms with Gasteiger partial charge in [0.25, 0.3) is 5.56 Å². The van der Waals surface area contributed by atoms with E-state index in [9.17, 15) is 14.4 Å². The number of aryl methyl sites for hydroxylation is 2. The standard InChI is InChI=1S/C46H52ClF3N10O4/c1-45(2)22-60(16-13-26(45)21-59-14-11-24(12-15-59)29-19-35-31(18-33(29)48)37(56-58(35)4)28-8-10-36(61)53-42(28)62)44-51-20-32(47)41(55-44)52-27-7-9-34-30(17-27)38-39(43(63)57(34)3)64-23-46(49,50)40(54-38)25-5-6-25/h7,9,17-20,24-26,28,40,54H,5-6,8,10-16,21-23H2,1-4H3,(H,51,52,55)(H,53,61,62)/t26-,28?,40-/m0/s1. The number of ether oxygens (including phenoxy) is 1. The molecule has 5 aromatic rings. The Balaban J connectivity index is 0.797. The number of nitrogens with one attached hydrogen (secondary N) is 3. The number of likely N-dealkylation sites (tertiary alicyclic amines) is 1. The number of benzene rings is 2. The number of imide groups is 1. The van der Waals surface area contributed by atoms with Crippen molar-refractivity contribution < 1.29 is 27.5 Å². The Bertz CT molecular complexity index is 2770. The lowest BCUT2D eigenvalue weighted by Crippen LogP contribution is -2.50. The Morgan fingerprint density at radius 2 is 1.75 bits per heavy atom. The van der Waals surface area contributed by atoms with Crippen molar-refractivity contribution >= 4 is 68.4 Å². The predicted octanol–water partition coefficient (Wildman–Crippen LogP) is 7.22. The van der Waals surface area contributed by atoms with E-state index in [1.807, 2.05) is 13.1 Å². The van der Waals surface area contributed by atoms with Gasteiger partial charge >= 0.3 is 5.92 Å². The van der Waals surface area contributed by atoms with Gasteiger partial charge in [0.1, 0.15) is 10.8 Å². The number of carbonyl (C=O) groups is 2. The number of hydrogen-bond acceptors (Lipinski definition) is 11. The van der Waals surface area contributed by atoms with E-state index in [0.29, 0.717) is 75.2 Å². The quantitative estimate of drug-likeness (QED) is 0.136. The van der Waals surface area contributed by atoms with Crippen LogP contribution in [0.5, 0.6) is 5.75 Å². The lowest BCUT2D eigenvalue weighted by Gasteiger charge is -2.46. The van der Waals surface area contributed by atoms with Crippen molar-refractivity contribution in [3.63, 3.8) is 0 Å². The van der Waals surface area contributed by atoms with Gasteiger partial charge in [-0.05, 0) is 111 Å². The van der Waals surface area contributed by atoms with Gasteiger partial charge in [-0.15, -0.1) is 0 Å². The molecule has 1 aliphatic carbocycles. The van der Waals surface area contributed by atoms with Gasteiger partial charge in [0.2, 0.25) is 23.5 Å². The number of piperidine rings is 3. The van der Waals surface area contributed by atoms with Crippen LogP contribution in [0, 0.1) is 23.1 Å². The first kappa shape index (κ1) is 42.5. The molecule has 1 saturated carbocycles. The maximum Gasteiger partial charge on any atom is 0.301 e. The highest BCUT2D eigenvalue weighted by Crippen LogP contribution is 2.46. The lowest BCUT2D eigenvalue weighted by molar-refractivity contribution is -0.134. The van der Waals surface area contributed by atoms with E-state index in [4.69, 9.17) is 21.3 Å². The minimum atomic E-state index is -3.14. The molecule has 0 radical (unpaired) electrons. The number of nitrogens with zero attached hydrogens (tertiary/aromatic N) is 7. The molecule has 1 unspecified atom stereocenters. The molecule has 18 heteroatoms. The van der Waals surface area contributed by atoms with Crippen molar-refractivity contribution in [2.24, 2.45) is 31.3 Å². The maximum atomic E-state index is 15.9. The number of hydrogen-bond donors (Lipinski definition) is 3. The third kappa shape index (κ3) is 7.71. The van der Waals surface area contributed by atoms with Crippen molar-refractivity contribution in [3.8, 4) is 5.75 Å². The number of halogens is 4. The third-order valence-corrected chi connectivity index (χ3v) is 14.7. The molecule has 64 heavy (non-hydrogen) atoms. The summed E-state index contributed by atoms with van der Waals surface area (Å²) >= 11 is 6.68. The molecule has 2 amide bonds. The Kier molecular flexibility index (Phi) is 10.6. The fourth-order valence-corrected chi connectivity index (χ4v) is 10.7. The zero-order chi connectivity index (χ0) is 44.8. The van der Waals surface area contributed by atoms with Crippen LogP contribution < -0.4 is 31.1 Å². The van der Waals surface area contributed by atoms with Gasteiger partial charge in [-0.2, -0.15) is 10.1 Å². The summed E-state index contributed by atoms with van der Waals surface area (Å²) in [4.78, 5) is 51.8. The lowest BCUT2D eigenvalue weighted by atomic mass is 9.73. The van der Waals surface area contributed by atoms with Gasteiger partial charge in [-0.25, -0.2) is 18.2 Å². The molecule has 7 heterocycles. The van der Waals surface area contributed by atoms with Crippen LogP contribution in [0.25, 0.3) is 21.8 Å². The van der Waals surface area contributed by atoms with Crippen LogP contribution in [-0.2, 0) is 23.7 Å². The Labute approximate surface area is 372 Å². The van der Waals surface area contributed by atoms with Crippen molar-refractivity contribution in [2.75, 3.05) is 54.9 Å². The van der Waals surface area contributed by atoms with Gasteiger partial charge in [0.15, 0.2) is 12.4 Å². The number of anilines is 4. The van der Waals surface area contributed by atoms with Crippen LogP contribution in [0.1, 0.15) is 81.9 Å². The zero-order valence-electron chi connectivity index (χ0n) is 36.3. The molecule has 10 rings (SSSR count). The van der Waals surface area contributed by atoms with Crippen LogP contribution in [0.2, 0.25) is 5.02 Å². The Hall–Kier alpha value is -5.42. The minimum Gasteiger partial charge on any atom is -0.480 e. The normalized spacial score (nSPS) is 23.9. The second-order valence-electron chi connectivity index (χ2n) is 19.2. The van der Waals surface area contributed by atoms with Crippen molar-refractivity contribution in [3.05, 3.63) is 69.0 Å². The first-order valence-electron chi connectivity index (χ1n) is 22.2. The van der Waals surface area contributed by atoms with Crippen LogP contribution in [0.4, 0.5) is 36.3 Å². The van der Waals surface area contributed by atoms with Crippen LogP contribution >= 0.6 is 11.6 Å². The summed E-state index contributed by atoms with van der Waals surface area (Å²) in [6.45, 7) is 7.79. The third-order valence-electron chi connectivity index (χ3n) is 14.4. The van der Waals surface area contributed by atoms with Crippen molar-refractivity contribution in [2.45, 2.75) is 82.6 Å². The number of carbonyl (C=O) groups excluding carboxylic acids is 2. The smallest absolute Gasteiger partial charge is 0.301 e. The molecule has 3 saturated heterocycles. The van der Waals surface area contributed by atoms with Gasteiger partial charge < -0.3 is 29.7 Å². The monoisotopic (exact) mass is 900 g/mol. The largest absolute Gasteiger partial charge is 0.480 e. The number of aromatic nitrogens is 5. The molecule has 4 fully saturated rings. The van der Waals surface area contributed by atoms with E-state index in [-0.39, 0.29) is 52.7 Å².